The molecule has 0 fully saturated rings. The Balaban J connectivity index is 3.06. The molecule has 2 unspecified atom stereocenters. The first kappa shape index (κ1) is 14.4. The van der Waals surface area contributed by atoms with Crippen LogP contribution in [0.15, 0.2) is 18.2 Å². The van der Waals surface area contributed by atoms with Gasteiger partial charge in [-0.05, 0) is 13.1 Å². The number of likely N-dealkylation sites (N-methyl/N-ethyl adjacent to an activating group) is 1. The lowest BCUT2D eigenvalue weighted by Gasteiger charge is -2.20. The van der Waals surface area contributed by atoms with Gasteiger partial charge in [-0.1, -0.05) is 12.1 Å². The van der Waals surface area contributed by atoms with E-state index in [9.17, 15) is 15.0 Å². The van der Waals surface area contributed by atoms with Crippen LogP contribution in [0.5, 0.6) is 0 Å². The third kappa shape index (κ3) is 2.98. The zero-order valence-corrected chi connectivity index (χ0v) is 10.4. The van der Waals surface area contributed by atoms with Gasteiger partial charge >= 0.3 is 5.97 Å². The van der Waals surface area contributed by atoms with Crippen molar-refractivity contribution in [3.63, 3.8) is 0 Å². The maximum Gasteiger partial charge on any atom is 0.339 e. The Labute approximate surface area is 105 Å². The highest BCUT2D eigenvalue weighted by Crippen LogP contribution is 2.26. The number of para-hydroxylation sites is 1. The molecule has 100 valence electrons. The number of rotatable bonds is 5. The van der Waals surface area contributed by atoms with Crippen LogP contribution < -0.4 is 11.1 Å². The third-order valence-electron chi connectivity index (χ3n) is 2.64. The van der Waals surface area contributed by atoms with E-state index in [1.54, 1.807) is 19.2 Å². The summed E-state index contributed by atoms with van der Waals surface area (Å²) in [6, 6.07) is 4.64. The first-order valence-corrected chi connectivity index (χ1v) is 5.50. The molecule has 1 rings (SSSR count). The Morgan fingerprint density at radius 1 is 1.50 bits per heavy atom. The average molecular weight is 254 g/mol. The third-order valence-corrected chi connectivity index (χ3v) is 2.64. The first-order valence-electron chi connectivity index (χ1n) is 5.50. The zero-order valence-electron chi connectivity index (χ0n) is 10.4. The molecule has 1 aromatic rings. The number of aliphatic hydroxyl groups is 2. The molecule has 0 amide bonds. The molecule has 6 nitrogen and oxygen atoms in total. The van der Waals surface area contributed by atoms with E-state index in [-0.39, 0.29) is 17.8 Å². The molecule has 0 aliphatic heterocycles. The number of esters is 1. The van der Waals surface area contributed by atoms with Crippen LogP contribution in [0.25, 0.3) is 0 Å². The Morgan fingerprint density at radius 3 is 2.72 bits per heavy atom. The van der Waals surface area contributed by atoms with Gasteiger partial charge in [0.15, 0.2) is 0 Å². The van der Waals surface area contributed by atoms with Crippen molar-refractivity contribution in [2.75, 3.05) is 26.4 Å². The van der Waals surface area contributed by atoms with E-state index in [0.29, 0.717) is 5.56 Å². The highest BCUT2D eigenvalue weighted by molar-refractivity contribution is 5.95. The molecule has 1 aromatic carbocycles. The van der Waals surface area contributed by atoms with Crippen LogP contribution in [0.4, 0.5) is 5.69 Å². The summed E-state index contributed by atoms with van der Waals surface area (Å²) in [4.78, 5) is 11.4. The van der Waals surface area contributed by atoms with E-state index in [2.05, 4.69) is 10.1 Å². The number of carbonyl (C=O) groups excluding carboxylic acids is 1. The van der Waals surface area contributed by atoms with Gasteiger partial charge in [0, 0.05) is 12.1 Å². The van der Waals surface area contributed by atoms with Crippen LogP contribution in [0.3, 0.4) is 0 Å². The number of nitrogen functional groups attached to an aromatic ring is 1. The zero-order chi connectivity index (χ0) is 13.7. The molecule has 18 heavy (non-hydrogen) atoms. The SMILES string of the molecule is CNCC(O)C(O)c1cccc(C(=O)OC)c1N. The molecule has 0 bridgehead atoms. The average Bonchev–Trinajstić information content (AvgIpc) is 2.37. The molecule has 0 radical (unpaired) electrons. The molecule has 0 saturated carbocycles. The molecule has 0 heterocycles. The normalized spacial score (nSPS) is 14.0. The fraction of sp³-hybridized carbons (Fsp3) is 0.417. The van der Waals surface area contributed by atoms with Gasteiger partial charge in [0.2, 0.25) is 0 Å². The molecule has 2 atom stereocenters. The van der Waals surface area contributed by atoms with Gasteiger partial charge in [-0.15, -0.1) is 0 Å². The van der Waals surface area contributed by atoms with Gasteiger partial charge in [-0.25, -0.2) is 4.79 Å². The molecular formula is C12H18N2O4. The Hall–Kier alpha value is -1.63. The van der Waals surface area contributed by atoms with E-state index < -0.39 is 18.2 Å². The number of ether oxygens (including phenoxy) is 1. The van der Waals surface area contributed by atoms with Crippen LogP contribution in [0.2, 0.25) is 0 Å². The van der Waals surface area contributed by atoms with Crippen molar-refractivity contribution >= 4 is 11.7 Å². The molecule has 6 heteroatoms. The molecular weight excluding hydrogens is 236 g/mol. The molecule has 5 N–H and O–H groups in total. The van der Waals surface area contributed by atoms with Crippen LogP contribution in [0, 0.1) is 0 Å². The summed E-state index contributed by atoms with van der Waals surface area (Å²) in [5, 5.41) is 22.4. The number of carbonyl (C=O) groups is 1. The monoisotopic (exact) mass is 254 g/mol. The number of aliphatic hydroxyl groups excluding tert-OH is 2. The summed E-state index contributed by atoms with van der Waals surface area (Å²) in [6.07, 6.45) is -2.17. The standard InChI is InChI=1S/C12H18N2O4/c1-14-6-9(15)11(16)7-4-3-5-8(10(7)13)12(17)18-2/h3-5,9,11,14-16H,6,13H2,1-2H3. The minimum absolute atomic E-state index is 0.118. The van der Waals surface area contributed by atoms with E-state index in [1.807, 2.05) is 0 Å². The van der Waals surface area contributed by atoms with Crippen molar-refractivity contribution in [3.8, 4) is 0 Å². The molecule has 0 spiro atoms. The second kappa shape index (κ2) is 6.34. The number of benzene rings is 1. The minimum Gasteiger partial charge on any atom is -0.465 e. The summed E-state index contributed by atoms with van der Waals surface area (Å²) in [5.74, 6) is -0.579. The molecule has 0 aliphatic carbocycles. The van der Waals surface area contributed by atoms with E-state index >= 15 is 0 Å². The molecule has 0 aromatic heterocycles. The maximum absolute atomic E-state index is 11.4. The fourth-order valence-corrected chi connectivity index (χ4v) is 1.66. The van der Waals surface area contributed by atoms with Crippen molar-refractivity contribution in [2.45, 2.75) is 12.2 Å². The lowest BCUT2D eigenvalue weighted by atomic mass is 9.99. The second-order valence-corrected chi connectivity index (χ2v) is 3.87. The molecule has 0 aliphatic rings. The number of hydrogen-bond acceptors (Lipinski definition) is 6. The minimum atomic E-state index is -1.16. The van der Waals surface area contributed by atoms with Crippen molar-refractivity contribution in [2.24, 2.45) is 0 Å². The quantitative estimate of drug-likeness (QED) is 0.423. The van der Waals surface area contributed by atoms with Gasteiger partial charge in [0.05, 0.1) is 24.5 Å². The second-order valence-electron chi connectivity index (χ2n) is 3.87. The van der Waals surface area contributed by atoms with Crippen molar-refractivity contribution in [1.82, 2.24) is 5.32 Å². The lowest BCUT2D eigenvalue weighted by Crippen LogP contribution is -2.30. The Morgan fingerprint density at radius 2 is 2.17 bits per heavy atom. The van der Waals surface area contributed by atoms with E-state index in [4.69, 9.17) is 5.73 Å². The van der Waals surface area contributed by atoms with Crippen LogP contribution in [-0.2, 0) is 4.74 Å². The predicted octanol–water partition coefficient (Wildman–Crippen LogP) is -0.331. The van der Waals surface area contributed by atoms with Crippen molar-refractivity contribution in [3.05, 3.63) is 29.3 Å². The fourth-order valence-electron chi connectivity index (χ4n) is 1.66. The van der Waals surface area contributed by atoms with Gasteiger partial charge in [0.1, 0.15) is 6.10 Å². The predicted molar refractivity (Wildman–Crippen MR) is 67.1 cm³/mol. The van der Waals surface area contributed by atoms with Crippen LogP contribution in [-0.4, -0.2) is 43.0 Å². The number of nitrogens with two attached hydrogens (primary N) is 1. The molecule has 0 saturated heterocycles. The van der Waals surface area contributed by atoms with Gasteiger partial charge in [-0.3, -0.25) is 0 Å². The Bertz CT molecular complexity index is 423. The van der Waals surface area contributed by atoms with Crippen LogP contribution in [0.1, 0.15) is 22.0 Å². The maximum atomic E-state index is 11.4. The first-order chi connectivity index (χ1) is 8.52. The topological polar surface area (TPSA) is 105 Å². The summed E-state index contributed by atoms with van der Waals surface area (Å²) in [6.45, 7) is 0.211. The van der Waals surface area contributed by atoms with Gasteiger partial charge in [-0.2, -0.15) is 0 Å². The van der Waals surface area contributed by atoms with Crippen molar-refractivity contribution < 1.29 is 19.7 Å². The lowest BCUT2D eigenvalue weighted by molar-refractivity contribution is 0.0206. The Kier molecular flexibility index (Phi) is 5.08. The highest BCUT2D eigenvalue weighted by atomic mass is 16.5. The van der Waals surface area contributed by atoms with E-state index in [0.717, 1.165) is 0 Å². The van der Waals surface area contributed by atoms with E-state index in [1.165, 1.54) is 13.2 Å². The number of anilines is 1. The number of nitrogens with one attached hydrogen (secondary N) is 1. The van der Waals surface area contributed by atoms with Crippen molar-refractivity contribution in [1.29, 1.82) is 0 Å². The smallest absolute Gasteiger partial charge is 0.339 e. The summed E-state index contributed by atoms with van der Waals surface area (Å²) < 4.78 is 4.58. The van der Waals surface area contributed by atoms with Crippen LogP contribution >= 0.6 is 0 Å². The number of hydrogen-bond donors (Lipinski definition) is 4. The largest absolute Gasteiger partial charge is 0.465 e. The summed E-state index contributed by atoms with van der Waals surface area (Å²) >= 11 is 0. The summed E-state index contributed by atoms with van der Waals surface area (Å²) in [5.41, 5.74) is 6.40. The van der Waals surface area contributed by atoms with Gasteiger partial charge in [0.25, 0.3) is 0 Å². The van der Waals surface area contributed by atoms with Gasteiger partial charge < -0.3 is 26.0 Å². The summed E-state index contributed by atoms with van der Waals surface area (Å²) in [7, 11) is 2.91. The number of methoxy groups -OCH3 is 1. The highest BCUT2D eigenvalue weighted by Gasteiger charge is 2.22.